The average Bonchev–Trinajstić information content (AvgIpc) is 2.69. The monoisotopic (exact) mass is 276 g/mol. The number of rotatable bonds is 2. The molecule has 0 fully saturated rings. The molecule has 0 aliphatic carbocycles. The van der Waals surface area contributed by atoms with Crippen LogP contribution in [-0.2, 0) is 6.54 Å². The molecular weight excluding hydrogens is 264 g/mol. The number of nitrogens with two attached hydrogens (primary N) is 1. The quantitative estimate of drug-likeness (QED) is 0.907. The van der Waals surface area contributed by atoms with E-state index < -0.39 is 0 Å². The molecule has 0 saturated heterocycles. The lowest BCUT2D eigenvalue weighted by atomic mass is 10.2. The predicted molar refractivity (Wildman–Crippen MR) is 77.9 cm³/mol. The molecule has 1 atom stereocenters. The minimum absolute atomic E-state index is 0.0429. The highest BCUT2D eigenvalue weighted by molar-refractivity contribution is 8.00. The maximum atomic E-state index is 6.20. The number of thioether (sulfide) groups is 1. The van der Waals surface area contributed by atoms with Gasteiger partial charge in [-0.2, -0.15) is 0 Å². The number of hydrogen-bond donors (Lipinski definition) is 1. The zero-order chi connectivity index (χ0) is 12.5. The fraction of sp³-hybridized carbons (Fsp3) is 0.143. The van der Waals surface area contributed by atoms with E-state index in [-0.39, 0.29) is 5.50 Å². The lowest BCUT2D eigenvalue weighted by Crippen LogP contribution is -2.35. The standard InChI is InChI=1S/C14H13ClN2S/c15-11-6-2-1-5-10(11)9-17-12-7-3-4-8-13(12)18-14(17)16/h1-8,14H,9,16H2. The summed E-state index contributed by atoms with van der Waals surface area (Å²) in [6, 6.07) is 16.2. The molecule has 1 aliphatic heterocycles. The van der Waals surface area contributed by atoms with E-state index in [0.29, 0.717) is 0 Å². The number of para-hydroxylation sites is 1. The Morgan fingerprint density at radius 2 is 1.83 bits per heavy atom. The molecule has 92 valence electrons. The Morgan fingerprint density at radius 1 is 1.11 bits per heavy atom. The summed E-state index contributed by atoms with van der Waals surface area (Å²) in [5.74, 6) is 0. The minimum atomic E-state index is -0.0429. The Labute approximate surface area is 116 Å². The zero-order valence-corrected chi connectivity index (χ0v) is 11.3. The summed E-state index contributed by atoms with van der Waals surface area (Å²) in [6.45, 7) is 0.741. The molecule has 1 aliphatic rings. The Balaban J connectivity index is 1.92. The smallest absolute Gasteiger partial charge is 0.130 e. The molecule has 2 N–H and O–H groups in total. The van der Waals surface area contributed by atoms with E-state index in [1.54, 1.807) is 11.8 Å². The van der Waals surface area contributed by atoms with E-state index in [2.05, 4.69) is 17.0 Å². The normalized spacial score (nSPS) is 17.9. The maximum Gasteiger partial charge on any atom is 0.130 e. The molecule has 2 aromatic rings. The molecule has 2 nitrogen and oxygen atoms in total. The summed E-state index contributed by atoms with van der Waals surface area (Å²) < 4.78 is 0. The van der Waals surface area contributed by atoms with E-state index in [9.17, 15) is 0 Å². The van der Waals surface area contributed by atoms with Crippen molar-refractivity contribution in [1.29, 1.82) is 0 Å². The van der Waals surface area contributed by atoms with Crippen molar-refractivity contribution in [1.82, 2.24) is 0 Å². The average molecular weight is 277 g/mol. The van der Waals surface area contributed by atoms with E-state index in [0.717, 1.165) is 17.1 Å². The second kappa shape index (κ2) is 4.84. The molecule has 3 rings (SSSR count). The first-order valence-corrected chi connectivity index (χ1v) is 7.03. The lowest BCUT2D eigenvalue weighted by Gasteiger charge is -2.24. The minimum Gasteiger partial charge on any atom is -0.342 e. The molecule has 1 unspecified atom stereocenters. The van der Waals surface area contributed by atoms with Crippen LogP contribution in [0.1, 0.15) is 5.56 Å². The summed E-state index contributed by atoms with van der Waals surface area (Å²) in [5, 5.41) is 0.791. The number of hydrogen-bond acceptors (Lipinski definition) is 3. The van der Waals surface area contributed by atoms with Gasteiger partial charge in [0, 0.05) is 16.5 Å². The SMILES string of the molecule is NC1Sc2ccccc2N1Cc1ccccc1Cl. The Bertz CT molecular complexity index is 573. The highest BCUT2D eigenvalue weighted by Crippen LogP contribution is 2.42. The van der Waals surface area contributed by atoms with Crippen molar-refractivity contribution < 1.29 is 0 Å². The van der Waals surface area contributed by atoms with Gasteiger partial charge in [-0.05, 0) is 23.8 Å². The van der Waals surface area contributed by atoms with Gasteiger partial charge in [-0.3, -0.25) is 0 Å². The van der Waals surface area contributed by atoms with Gasteiger partial charge >= 0.3 is 0 Å². The fourth-order valence-corrected chi connectivity index (χ4v) is 3.34. The van der Waals surface area contributed by atoms with Gasteiger partial charge in [0.2, 0.25) is 0 Å². The van der Waals surface area contributed by atoms with Crippen molar-refractivity contribution in [2.45, 2.75) is 16.9 Å². The zero-order valence-electron chi connectivity index (χ0n) is 9.71. The third-order valence-electron chi connectivity index (χ3n) is 3.03. The van der Waals surface area contributed by atoms with Crippen LogP contribution in [0.5, 0.6) is 0 Å². The van der Waals surface area contributed by atoms with E-state index >= 15 is 0 Å². The van der Waals surface area contributed by atoms with Gasteiger partial charge in [0.25, 0.3) is 0 Å². The first kappa shape index (κ1) is 11.9. The molecule has 0 amide bonds. The third kappa shape index (κ3) is 2.09. The molecule has 0 aromatic heterocycles. The number of benzene rings is 2. The summed E-state index contributed by atoms with van der Waals surface area (Å²) in [7, 11) is 0. The second-order valence-electron chi connectivity index (χ2n) is 4.20. The van der Waals surface area contributed by atoms with Crippen LogP contribution < -0.4 is 10.6 Å². The van der Waals surface area contributed by atoms with Crippen LogP contribution in [0.15, 0.2) is 53.4 Å². The summed E-state index contributed by atoms with van der Waals surface area (Å²) in [6.07, 6.45) is 0. The van der Waals surface area contributed by atoms with E-state index in [1.807, 2.05) is 36.4 Å². The fourth-order valence-electron chi connectivity index (χ4n) is 2.11. The second-order valence-corrected chi connectivity index (χ2v) is 5.76. The van der Waals surface area contributed by atoms with Crippen LogP contribution in [0.3, 0.4) is 0 Å². The van der Waals surface area contributed by atoms with Gasteiger partial charge in [-0.25, -0.2) is 0 Å². The molecule has 0 spiro atoms. The van der Waals surface area contributed by atoms with Crippen LogP contribution in [-0.4, -0.2) is 5.50 Å². The summed E-state index contributed by atoms with van der Waals surface area (Å²) in [4.78, 5) is 3.42. The molecule has 0 bridgehead atoms. The number of anilines is 1. The van der Waals surface area contributed by atoms with E-state index in [1.165, 1.54) is 10.6 Å². The Hall–Kier alpha value is -1.16. The molecule has 0 saturated carbocycles. The van der Waals surface area contributed by atoms with Gasteiger partial charge in [-0.1, -0.05) is 53.7 Å². The molecule has 1 heterocycles. The Kier molecular flexibility index (Phi) is 3.20. The lowest BCUT2D eigenvalue weighted by molar-refractivity contribution is 0.780. The van der Waals surface area contributed by atoms with Crippen molar-refractivity contribution in [3.63, 3.8) is 0 Å². The molecule has 18 heavy (non-hydrogen) atoms. The van der Waals surface area contributed by atoms with Crippen LogP contribution in [0.4, 0.5) is 5.69 Å². The van der Waals surface area contributed by atoms with Gasteiger partial charge in [0.15, 0.2) is 0 Å². The van der Waals surface area contributed by atoms with Crippen molar-refractivity contribution in [2.75, 3.05) is 4.90 Å². The largest absolute Gasteiger partial charge is 0.342 e. The summed E-state index contributed by atoms with van der Waals surface area (Å²) >= 11 is 7.89. The maximum absolute atomic E-state index is 6.20. The van der Waals surface area contributed by atoms with Crippen molar-refractivity contribution in [3.8, 4) is 0 Å². The van der Waals surface area contributed by atoms with Gasteiger partial charge in [0.05, 0.1) is 5.69 Å². The van der Waals surface area contributed by atoms with Gasteiger partial charge in [-0.15, -0.1) is 0 Å². The van der Waals surface area contributed by atoms with Crippen LogP contribution >= 0.6 is 23.4 Å². The van der Waals surface area contributed by atoms with Gasteiger partial charge in [0.1, 0.15) is 5.50 Å². The summed E-state index contributed by atoms with van der Waals surface area (Å²) in [5.41, 5.74) is 8.42. The van der Waals surface area contributed by atoms with Gasteiger partial charge < -0.3 is 10.6 Å². The highest BCUT2D eigenvalue weighted by atomic mass is 35.5. The Morgan fingerprint density at radius 3 is 2.67 bits per heavy atom. The first-order chi connectivity index (χ1) is 8.75. The first-order valence-electron chi connectivity index (χ1n) is 5.77. The topological polar surface area (TPSA) is 29.3 Å². The van der Waals surface area contributed by atoms with Crippen molar-refractivity contribution >= 4 is 29.1 Å². The van der Waals surface area contributed by atoms with Crippen LogP contribution in [0.25, 0.3) is 0 Å². The number of nitrogens with zero attached hydrogens (tertiary/aromatic N) is 1. The van der Waals surface area contributed by atoms with Crippen LogP contribution in [0.2, 0.25) is 5.02 Å². The molecule has 2 aromatic carbocycles. The predicted octanol–water partition coefficient (Wildman–Crippen LogP) is 3.69. The van der Waals surface area contributed by atoms with E-state index in [4.69, 9.17) is 17.3 Å². The van der Waals surface area contributed by atoms with Crippen molar-refractivity contribution in [3.05, 3.63) is 59.1 Å². The molecule has 4 heteroatoms. The third-order valence-corrected chi connectivity index (χ3v) is 4.49. The molecule has 0 radical (unpaired) electrons. The highest BCUT2D eigenvalue weighted by Gasteiger charge is 2.27. The van der Waals surface area contributed by atoms with Crippen LogP contribution in [0, 0.1) is 0 Å². The number of halogens is 1. The molecular formula is C14H13ClN2S. The van der Waals surface area contributed by atoms with Crippen molar-refractivity contribution in [2.24, 2.45) is 5.73 Å². The number of fused-ring (bicyclic) bond motifs is 1.